The van der Waals surface area contributed by atoms with E-state index in [1.165, 1.54) is 4.68 Å². The van der Waals surface area contributed by atoms with Crippen LogP contribution in [0.1, 0.15) is 39.7 Å². The summed E-state index contributed by atoms with van der Waals surface area (Å²) in [4.78, 5) is 25.7. The predicted molar refractivity (Wildman–Crippen MR) is 126 cm³/mol. The van der Waals surface area contributed by atoms with E-state index in [1.807, 2.05) is 56.3 Å². The summed E-state index contributed by atoms with van der Waals surface area (Å²) >= 11 is 0. The Bertz CT molecular complexity index is 1440. The summed E-state index contributed by atoms with van der Waals surface area (Å²) in [6.45, 7) is 7.44. The molecule has 0 fully saturated rings. The molecule has 4 aromatic rings. The van der Waals surface area contributed by atoms with Crippen LogP contribution in [0.15, 0.2) is 64.5 Å². The Morgan fingerprint density at radius 2 is 1.69 bits per heavy atom. The normalized spacial score (nSPS) is 11.7. The lowest BCUT2D eigenvalue weighted by atomic mass is 10.1. The Morgan fingerprint density at radius 3 is 2.38 bits per heavy atom. The highest BCUT2D eigenvalue weighted by Crippen LogP contribution is 2.25. The monoisotopic (exact) mass is 428 g/mol. The molecule has 3 N–H and O–H groups in total. The van der Waals surface area contributed by atoms with E-state index in [0.29, 0.717) is 17.0 Å². The lowest BCUT2D eigenvalue weighted by Gasteiger charge is -2.06. The lowest BCUT2D eigenvalue weighted by Crippen LogP contribution is -2.23. The average Bonchev–Trinajstić information content (AvgIpc) is 3.07. The number of hydrogen-bond acceptors (Lipinski definition) is 4. The highest BCUT2D eigenvalue weighted by molar-refractivity contribution is 6.04. The van der Waals surface area contributed by atoms with E-state index in [-0.39, 0.29) is 16.9 Å². The van der Waals surface area contributed by atoms with E-state index in [0.717, 1.165) is 27.6 Å². The third kappa shape index (κ3) is 3.80. The maximum absolute atomic E-state index is 13.0. The molecule has 0 spiro atoms. The number of amides is 1. The Labute approximate surface area is 185 Å². The van der Waals surface area contributed by atoms with Gasteiger partial charge in [-0.2, -0.15) is 5.10 Å². The number of phenols is 1. The number of aromatic hydroxyl groups is 1. The third-order valence-corrected chi connectivity index (χ3v) is 5.62. The van der Waals surface area contributed by atoms with Crippen LogP contribution in [0.2, 0.25) is 0 Å². The minimum absolute atomic E-state index is 0.110. The summed E-state index contributed by atoms with van der Waals surface area (Å²) in [6, 6.07) is 16.4. The van der Waals surface area contributed by atoms with Crippen molar-refractivity contribution in [2.45, 2.75) is 27.7 Å². The minimum atomic E-state index is -0.560. The number of carbonyl (C=O) groups is 1. The SMILES string of the molecule is CC(=NNC(=O)c1cc2ccccc2cc1O)c1c(C)[nH]n(-c2ccc(C)c(C)c2)c1=O. The van der Waals surface area contributed by atoms with E-state index < -0.39 is 5.91 Å². The molecule has 1 heterocycles. The molecule has 32 heavy (non-hydrogen) atoms. The Morgan fingerprint density at radius 1 is 1.00 bits per heavy atom. The van der Waals surface area contributed by atoms with Crippen molar-refractivity contribution in [3.8, 4) is 11.4 Å². The lowest BCUT2D eigenvalue weighted by molar-refractivity contribution is 0.0952. The smallest absolute Gasteiger partial charge is 0.280 e. The number of rotatable bonds is 4. The minimum Gasteiger partial charge on any atom is -0.507 e. The molecule has 1 amide bonds. The van der Waals surface area contributed by atoms with Crippen LogP contribution in [-0.2, 0) is 0 Å². The first-order valence-corrected chi connectivity index (χ1v) is 10.2. The van der Waals surface area contributed by atoms with Crippen LogP contribution >= 0.6 is 0 Å². The zero-order chi connectivity index (χ0) is 23.0. The molecule has 0 unspecified atom stereocenters. The number of benzene rings is 3. The number of hydrazone groups is 1. The van der Waals surface area contributed by atoms with Crippen LogP contribution in [0.5, 0.6) is 5.75 Å². The molecule has 0 aliphatic carbocycles. The standard InChI is InChI=1S/C25H24N4O3/c1-14-9-10-20(11-15(14)2)29-25(32)23(17(4)28-29)16(3)26-27-24(31)21-12-18-7-5-6-8-19(18)13-22(21)30/h5-13,28,30H,1-4H3,(H,27,31). The molecule has 0 bridgehead atoms. The van der Waals surface area contributed by atoms with Gasteiger partial charge in [0.1, 0.15) is 5.75 Å². The highest BCUT2D eigenvalue weighted by Gasteiger charge is 2.17. The first-order valence-electron chi connectivity index (χ1n) is 10.2. The molecule has 0 saturated heterocycles. The molecule has 0 aliphatic heterocycles. The average molecular weight is 428 g/mol. The number of H-pyrrole nitrogens is 1. The fourth-order valence-electron chi connectivity index (χ4n) is 3.68. The first kappa shape index (κ1) is 21.1. The molecule has 1 aromatic heterocycles. The molecule has 162 valence electrons. The predicted octanol–water partition coefficient (Wildman–Crippen LogP) is 4.10. The Kier molecular flexibility index (Phi) is 5.40. The largest absolute Gasteiger partial charge is 0.507 e. The number of carbonyl (C=O) groups excluding carboxylic acids is 1. The topological polar surface area (TPSA) is 99.5 Å². The van der Waals surface area contributed by atoms with Crippen LogP contribution in [0.3, 0.4) is 0 Å². The maximum atomic E-state index is 13.0. The molecule has 7 nitrogen and oxygen atoms in total. The molecule has 0 aliphatic rings. The van der Waals surface area contributed by atoms with Gasteiger partial charge in [-0.15, -0.1) is 0 Å². The molecule has 7 heteroatoms. The Hall–Kier alpha value is -4.13. The van der Waals surface area contributed by atoms with E-state index >= 15 is 0 Å². The van der Waals surface area contributed by atoms with Crippen molar-refractivity contribution in [1.29, 1.82) is 0 Å². The second-order valence-electron chi connectivity index (χ2n) is 7.88. The molecular formula is C25H24N4O3. The van der Waals surface area contributed by atoms with Gasteiger partial charge in [0.25, 0.3) is 11.5 Å². The molecular weight excluding hydrogens is 404 g/mol. The van der Waals surface area contributed by atoms with Gasteiger partial charge in [0.15, 0.2) is 0 Å². The molecule has 0 radical (unpaired) electrons. The third-order valence-electron chi connectivity index (χ3n) is 5.62. The summed E-state index contributed by atoms with van der Waals surface area (Å²) < 4.78 is 1.47. The molecule has 3 aromatic carbocycles. The second-order valence-corrected chi connectivity index (χ2v) is 7.88. The van der Waals surface area contributed by atoms with Crippen molar-refractivity contribution in [2.24, 2.45) is 5.10 Å². The van der Waals surface area contributed by atoms with E-state index in [4.69, 9.17) is 0 Å². The zero-order valence-electron chi connectivity index (χ0n) is 18.4. The number of hydrogen-bond donors (Lipinski definition) is 3. The number of phenolic OH excluding ortho intramolecular Hbond substituents is 1. The van der Waals surface area contributed by atoms with Crippen molar-refractivity contribution >= 4 is 22.4 Å². The van der Waals surface area contributed by atoms with Gasteiger partial charge in [-0.05, 0) is 73.9 Å². The van der Waals surface area contributed by atoms with E-state index in [2.05, 4.69) is 15.6 Å². The van der Waals surface area contributed by atoms with Gasteiger partial charge >= 0.3 is 0 Å². The number of aryl methyl sites for hydroxylation is 3. The summed E-state index contributed by atoms with van der Waals surface area (Å²) in [5.74, 6) is -0.695. The zero-order valence-corrected chi connectivity index (χ0v) is 18.4. The van der Waals surface area contributed by atoms with Crippen LogP contribution in [0, 0.1) is 20.8 Å². The van der Waals surface area contributed by atoms with Gasteiger partial charge in [-0.3, -0.25) is 14.7 Å². The summed E-state index contributed by atoms with van der Waals surface area (Å²) in [7, 11) is 0. The number of aromatic amines is 1. The van der Waals surface area contributed by atoms with Gasteiger partial charge < -0.3 is 5.11 Å². The maximum Gasteiger partial charge on any atom is 0.280 e. The van der Waals surface area contributed by atoms with Gasteiger partial charge in [0.05, 0.1) is 22.5 Å². The quantitative estimate of drug-likeness (QED) is 0.337. The molecule has 4 rings (SSSR count). The number of fused-ring (bicyclic) bond motifs is 1. The van der Waals surface area contributed by atoms with Crippen LogP contribution < -0.4 is 11.0 Å². The van der Waals surface area contributed by atoms with Crippen LogP contribution in [0.4, 0.5) is 0 Å². The number of nitrogens with zero attached hydrogens (tertiary/aromatic N) is 2. The fourth-order valence-corrected chi connectivity index (χ4v) is 3.68. The fraction of sp³-hybridized carbons (Fsp3) is 0.160. The molecule has 0 atom stereocenters. The van der Waals surface area contributed by atoms with E-state index in [1.54, 1.807) is 26.0 Å². The van der Waals surface area contributed by atoms with Gasteiger partial charge in [-0.25, -0.2) is 10.1 Å². The van der Waals surface area contributed by atoms with Gasteiger partial charge in [0, 0.05) is 5.69 Å². The van der Waals surface area contributed by atoms with Crippen molar-refractivity contribution in [3.05, 3.63) is 92.9 Å². The number of nitrogens with one attached hydrogen (secondary N) is 2. The second kappa shape index (κ2) is 8.19. The van der Waals surface area contributed by atoms with Crippen LogP contribution in [0.25, 0.3) is 16.5 Å². The summed E-state index contributed by atoms with van der Waals surface area (Å²) in [6.07, 6.45) is 0. The van der Waals surface area contributed by atoms with Crippen molar-refractivity contribution in [1.82, 2.24) is 15.2 Å². The summed E-state index contributed by atoms with van der Waals surface area (Å²) in [5, 5.41) is 19.1. The van der Waals surface area contributed by atoms with E-state index in [9.17, 15) is 14.7 Å². The van der Waals surface area contributed by atoms with Crippen molar-refractivity contribution < 1.29 is 9.90 Å². The van der Waals surface area contributed by atoms with Gasteiger partial charge in [0.2, 0.25) is 0 Å². The van der Waals surface area contributed by atoms with Crippen molar-refractivity contribution in [2.75, 3.05) is 0 Å². The first-order chi connectivity index (χ1) is 15.3. The van der Waals surface area contributed by atoms with Gasteiger partial charge in [-0.1, -0.05) is 30.3 Å². The highest BCUT2D eigenvalue weighted by atomic mass is 16.3. The van der Waals surface area contributed by atoms with Crippen molar-refractivity contribution in [3.63, 3.8) is 0 Å². The number of aromatic nitrogens is 2. The summed E-state index contributed by atoms with van der Waals surface area (Å²) in [5.41, 5.74) is 6.63. The Balaban J connectivity index is 1.63. The molecule has 0 saturated carbocycles. The van der Waals surface area contributed by atoms with Crippen LogP contribution in [-0.4, -0.2) is 26.5 Å².